The van der Waals surface area contributed by atoms with Crippen molar-refractivity contribution in [3.63, 3.8) is 0 Å². The van der Waals surface area contributed by atoms with E-state index in [2.05, 4.69) is 9.88 Å². The molecule has 0 spiro atoms. The van der Waals surface area contributed by atoms with Crippen LogP contribution in [-0.2, 0) is 11.3 Å². The maximum Gasteiger partial charge on any atom is 0.252 e. The molecule has 0 saturated carbocycles. The molecule has 2 aromatic rings. The Morgan fingerprint density at radius 2 is 2.04 bits per heavy atom. The van der Waals surface area contributed by atoms with Gasteiger partial charge in [0.15, 0.2) is 0 Å². The van der Waals surface area contributed by atoms with Gasteiger partial charge in [0, 0.05) is 42.3 Å². The number of nitrogens with one attached hydrogen (secondary N) is 1. The third-order valence-electron chi connectivity index (χ3n) is 4.51. The van der Waals surface area contributed by atoms with Gasteiger partial charge in [0.05, 0.1) is 6.04 Å². The second kappa shape index (κ2) is 6.34. The number of fused-ring (bicyclic) bond motifs is 1. The van der Waals surface area contributed by atoms with Crippen LogP contribution in [0.25, 0.3) is 10.9 Å². The number of pyridine rings is 1. The Labute approximate surface area is 139 Å². The quantitative estimate of drug-likeness (QED) is 0.937. The van der Waals surface area contributed by atoms with Gasteiger partial charge >= 0.3 is 0 Å². The number of amides is 1. The van der Waals surface area contributed by atoms with Gasteiger partial charge in [-0.1, -0.05) is 17.7 Å². The number of piperazine rings is 1. The minimum absolute atomic E-state index is 0.127. The van der Waals surface area contributed by atoms with Gasteiger partial charge in [0.25, 0.3) is 5.56 Å². The molecule has 0 bridgehead atoms. The Morgan fingerprint density at radius 3 is 2.78 bits per heavy atom. The first-order valence-electron chi connectivity index (χ1n) is 7.84. The second-order valence-corrected chi connectivity index (χ2v) is 6.36. The van der Waals surface area contributed by atoms with Gasteiger partial charge in [-0.2, -0.15) is 0 Å². The van der Waals surface area contributed by atoms with Crippen molar-refractivity contribution >= 4 is 28.4 Å². The molecule has 0 radical (unpaired) electrons. The van der Waals surface area contributed by atoms with E-state index in [0.717, 1.165) is 24.0 Å². The summed E-state index contributed by atoms with van der Waals surface area (Å²) in [4.78, 5) is 31.4. The first kappa shape index (κ1) is 16.0. The van der Waals surface area contributed by atoms with Crippen LogP contribution >= 0.6 is 11.6 Å². The lowest BCUT2D eigenvalue weighted by Gasteiger charge is -2.38. The van der Waals surface area contributed by atoms with E-state index in [9.17, 15) is 9.59 Å². The van der Waals surface area contributed by atoms with E-state index in [1.165, 1.54) is 0 Å². The molecule has 1 saturated heterocycles. The van der Waals surface area contributed by atoms with Gasteiger partial charge in [0.2, 0.25) is 5.91 Å². The molecule has 6 heteroatoms. The zero-order valence-electron chi connectivity index (χ0n) is 13.3. The standard InChI is InChI=1S/C17H20ClN3O2/c1-3-20-6-7-21(11(2)17(20)23)10-13-8-12-4-5-14(18)9-15(12)19-16(13)22/h4-5,8-9,11H,3,6-7,10H2,1-2H3,(H,19,22)/t11-/m1/s1. The molecule has 122 valence electrons. The van der Waals surface area contributed by atoms with Crippen molar-refractivity contribution in [1.29, 1.82) is 0 Å². The van der Waals surface area contributed by atoms with Crippen LogP contribution < -0.4 is 5.56 Å². The number of aromatic amines is 1. The van der Waals surface area contributed by atoms with Crippen molar-refractivity contribution in [2.45, 2.75) is 26.4 Å². The number of hydrogen-bond acceptors (Lipinski definition) is 3. The van der Waals surface area contributed by atoms with Gasteiger partial charge in [-0.15, -0.1) is 0 Å². The van der Waals surface area contributed by atoms with Crippen LogP contribution in [-0.4, -0.2) is 46.4 Å². The van der Waals surface area contributed by atoms with Gasteiger partial charge in [-0.25, -0.2) is 0 Å². The molecule has 5 nitrogen and oxygen atoms in total. The third kappa shape index (κ3) is 3.12. The summed E-state index contributed by atoms with van der Waals surface area (Å²) in [5.74, 6) is 0.128. The molecular formula is C17H20ClN3O2. The summed E-state index contributed by atoms with van der Waals surface area (Å²) in [6.07, 6.45) is 0. The summed E-state index contributed by atoms with van der Waals surface area (Å²) in [6.45, 7) is 6.57. The number of aromatic nitrogens is 1. The summed E-state index contributed by atoms with van der Waals surface area (Å²) in [7, 11) is 0. The maximum absolute atomic E-state index is 12.3. The Morgan fingerprint density at radius 1 is 1.26 bits per heavy atom. The van der Waals surface area contributed by atoms with Gasteiger partial charge in [-0.05, 0) is 37.4 Å². The summed E-state index contributed by atoms with van der Waals surface area (Å²) in [6, 6.07) is 7.12. The Balaban J connectivity index is 1.87. The molecule has 1 aromatic heterocycles. The molecule has 3 rings (SSSR count). The lowest BCUT2D eigenvalue weighted by Crippen LogP contribution is -2.55. The molecule has 1 fully saturated rings. The van der Waals surface area contributed by atoms with Crippen LogP contribution in [0.4, 0.5) is 0 Å². The lowest BCUT2D eigenvalue weighted by atomic mass is 10.1. The Bertz CT molecular complexity index is 802. The predicted molar refractivity (Wildman–Crippen MR) is 91.7 cm³/mol. The van der Waals surface area contributed by atoms with Crippen molar-refractivity contribution in [2.24, 2.45) is 0 Å². The highest BCUT2D eigenvalue weighted by atomic mass is 35.5. The van der Waals surface area contributed by atoms with Crippen molar-refractivity contribution < 1.29 is 4.79 Å². The van der Waals surface area contributed by atoms with Crippen molar-refractivity contribution in [1.82, 2.24) is 14.8 Å². The van der Waals surface area contributed by atoms with E-state index in [4.69, 9.17) is 11.6 Å². The fraction of sp³-hybridized carbons (Fsp3) is 0.412. The average Bonchev–Trinajstić information content (AvgIpc) is 2.53. The SMILES string of the molecule is CCN1CCN(Cc2cc3ccc(Cl)cc3[nH]c2=O)[C@H](C)C1=O. The first-order chi connectivity index (χ1) is 11.0. The van der Waals surface area contributed by atoms with E-state index in [1.807, 2.05) is 30.9 Å². The smallest absolute Gasteiger partial charge is 0.252 e. The number of nitrogens with zero attached hydrogens (tertiary/aromatic N) is 2. The third-order valence-corrected chi connectivity index (χ3v) is 4.75. The molecule has 1 aliphatic heterocycles. The molecule has 1 amide bonds. The predicted octanol–water partition coefficient (Wildman–Crippen LogP) is 2.23. The molecule has 23 heavy (non-hydrogen) atoms. The highest BCUT2D eigenvalue weighted by Gasteiger charge is 2.30. The number of hydrogen-bond donors (Lipinski definition) is 1. The van der Waals surface area contributed by atoms with E-state index < -0.39 is 0 Å². The number of carbonyl (C=O) groups is 1. The monoisotopic (exact) mass is 333 g/mol. The second-order valence-electron chi connectivity index (χ2n) is 5.92. The van der Waals surface area contributed by atoms with Crippen LogP contribution in [0.1, 0.15) is 19.4 Å². The first-order valence-corrected chi connectivity index (χ1v) is 8.21. The van der Waals surface area contributed by atoms with Crippen LogP contribution in [0.2, 0.25) is 5.02 Å². The van der Waals surface area contributed by atoms with Crippen LogP contribution in [0.3, 0.4) is 0 Å². The van der Waals surface area contributed by atoms with Crippen molar-refractivity contribution in [3.8, 4) is 0 Å². The highest BCUT2D eigenvalue weighted by molar-refractivity contribution is 6.31. The van der Waals surface area contributed by atoms with Gasteiger partial charge in [0.1, 0.15) is 0 Å². The normalized spacial score (nSPS) is 19.5. The van der Waals surface area contributed by atoms with Gasteiger partial charge in [-0.3, -0.25) is 14.5 Å². The summed E-state index contributed by atoms with van der Waals surface area (Å²) in [5.41, 5.74) is 1.27. The minimum Gasteiger partial charge on any atom is -0.340 e. The zero-order chi connectivity index (χ0) is 16.6. The van der Waals surface area contributed by atoms with Crippen LogP contribution in [0.5, 0.6) is 0 Å². The average molecular weight is 334 g/mol. The number of H-pyrrole nitrogens is 1. The zero-order valence-corrected chi connectivity index (χ0v) is 14.1. The van der Waals surface area contributed by atoms with Crippen molar-refractivity contribution in [2.75, 3.05) is 19.6 Å². The van der Waals surface area contributed by atoms with E-state index >= 15 is 0 Å². The molecule has 1 aromatic carbocycles. The molecule has 1 aliphatic rings. The fourth-order valence-electron chi connectivity index (χ4n) is 3.06. The Hall–Kier alpha value is -1.85. The largest absolute Gasteiger partial charge is 0.340 e. The molecule has 0 aliphatic carbocycles. The minimum atomic E-state index is -0.205. The Kier molecular flexibility index (Phi) is 4.41. The molecule has 0 unspecified atom stereocenters. The molecule has 2 heterocycles. The number of carbonyl (C=O) groups excluding carboxylic acids is 1. The van der Waals surface area contributed by atoms with E-state index in [0.29, 0.717) is 23.7 Å². The number of likely N-dealkylation sites (N-methyl/N-ethyl adjacent to an activating group) is 1. The summed E-state index contributed by atoms with van der Waals surface area (Å²) < 4.78 is 0. The summed E-state index contributed by atoms with van der Waals surface area (Å²) in [5, 5.41) is 1.53. The van der Waals surface area contributed by atoms with E-state index in [1.54, 1.807) is 12.1 Å². The van der Waals surface area contributed by atoms with Crippen LogP contribution in [0, 0.1) is 0 Å². The van der Waals surface area contributed by atoms with Gasteiger partial charge < -0.3 is 9.88 Å². The highest BCUT2D eigenvalue weighted by Crippen LogP contribution is 2.19. The van der Waals surface area contributed by atoms with E-state index in [-0.39, 0.29) is 17.5 Å². The molecular weight excluding hydrogens is 314 g/mol. The number of benzene rings is 1. The summed E-state index contributed by atoms with van der Waals surface area (Å²) >= 11 is 5.96. The van der Waals surface area contributed by atoms with Crippen LogP contribution in [0.15, 0.2) is 29.1 Å². The lowest BCUT2D eigenvalue weighted by molar-refractivity contribution is -0.141. The maximum atomic E-state index is 12.3. The fourth-order valence-corrected chi connectivity index (χ4v) is 3.23. The molecule has 1 N–H and O–H groups in total. The van der Waals surface area contributed by atoms with Crippen molar-refractivity contribution in [3.05, 3.63) is 45.2 Å². The number of rotatable bonds is 3. The number of halogens is 1. The topological polar surface area (TPSA) is 56.4 Å². The molecule has 1 atom stereocenters.